The third-order valence-corrected chi connectivity index (χ3v) is 4.22. The Morgan fingerprint density at radius 2 is 2.20 bits per heavy atom. The smallest absolute Gasteiger partial charge is 0.0568 e. The maximum Gasteiger partial charge on any atom is 0.0568 e. The molecule has 1 atom stereocenters. The number of aliphatic hydroxyl groups excluding tert-OH is 1. The molecule has 2 heteroatoms. The lowest BCUT2D eigenvalue weighted by Gasteiger charge is -2.16. The second kappa shape index (κ2) is 5.66. The predicted molar refractivity (Wildman–Crippen MR) is 65.2 cm³/mol. The van der Waals surface area contributed by atoms with Crippen molar-refractivity contribution in [2.45, 2.75) is 51.0 Å². The summed E-state index contributed by atoms with van der Waals surface area (Å²) in [6.07, 6.45) is 8.37. The summed E-state index contributed by atoms with van der Waals surface area (Å²) in [4.78, 5) is 0. The number of hydrogen-bond donors (Lipinski definition) is 1. The van der Waals surface area contributed by atoms with Crippen molar-refractivity contribution in [3.8, 4) is 0 Å². The Morgan fingerprint density at radius 1 is 1.40 bits per heavy atom. The Hall–Kier alpha value is -0.340. The number of aliphatic hydroxyl groups is 1. The van der Waals surface area contributed by atoms with Gasteiger partial charge in [0.15, 0.2) is 0 Å². The van der Waals surface area contributed by atoms with Crippen molar-refractivity contribution in [3.05, 3.63) is 22.4 Å². The largest absolute Gasteiger partial charge is 0.393 e. The molecule has 0 aromatic carbocycles. The SMILES string of the molecule is OC(CCCc1ccsc1)C1CCCC1. The molecule has 0 aliphatic heterocycles. The van der Waals surface area contributed by atoms with Gasteiger partial charge < -0.3 is 5.11 Å². The van der Waals surface area contributed by atoms with Crippen LogP contribution < -0.4 is 0 Å². The van der Waals surface area contributed by atoms with E-state index in [0.717, 1.165) is 19.3 Å². The van der Waals surface area contributed by atoms with Gasteiger partial charge in [-0.25, -0.2) is 0 Å². The van der Waals surface area contributed by atoms with Crippen molar-refractivity contribution in [1.29, 1.82) is 0 Å². The number of hydrogen-bond acceptors (Lipinski definition) is 2. The summed E-state index contributed by atoms with van der Waals surface area (Å²) in [5, 5.41) is 14.3. The van der Waals surface area contributed by atoms with Gasteiger partial charge in [-0.2, -0.15) is 11.3 Å². The summed E-state index contributed by atoms with van der Waals surface area (Å²) in [6, 6.07) is 2.19. The molecule has 1 saturated carbocycles. The average Bonchev–Trinajstić information content (AvgIpc) is 2.90. The maximum absolute atomic E-state index is 9.98. The first kappa shape index (κ1) is 11.2. The maximum atomic E-state index is 9.98. The van der Waals surface area contributed by atoms with Gasteiger partial charge in [0.1, 0.15) is 0 Å². The Balaban J connectivity index is 1.64. The lowest BCUT2D eigenvalue weighted by molar-refractivity contribution is 0.0998. The van der Waals surface area contributed by atoms with Crippen LogP contribution in [0.1, 0.15) is 44.1 Å². The van der Waals surface area contributed by atoms with Crippen molar-refractivity contribution >= 4 is 11.3 Å². The summed E-state index contributed by atoms with van der Waals surface area (Å²) >= 11 is 1.76. The highest BCUT2D eigenvalue weighted by Gasteiger charge is 2.22. The fraction of sp³-hybridized carbons (Fsp3) is 0.692. The summed E-state index contributed by atoms with van der Waals surface area (Å²) in [7, 11) is 0. The van der Waals surface area contributed by atoms with Crippen LogP contribution in [-0.2, 0) is 6.42 Å². The lowest BCUT2D eigenvalue weighted by Crippen LogP contribution is -2.17. The van der Waals surface area contributed by atoms with E-state index < -0.39 is 0 Å². The highest BCUT2D eigenvalue weighted by molar-refractivity contribution is 7.07. The molecule has 1 unspecified atom stereocenters. The lowest BCUT2D eigenvalue weighted by atomic mass is 9.96. The van der Waals surface area contributed by atoms with Crippen LogP contribution in [0.5, 0.6) is 0 Å². The van der Waals surface area contributed by atoms with Crippen molar-refractivity contribution in [2.24, 2.45) is 5.92 Å². The normalized spacial score (nSPS) is 19.5. The molecule has 1 nitrogen and oxygen atoms in total. The molecule has 1 aliphatic rings. The summed E-state index contributed by atoms with van der Waals surface area (Å²) in [6.45, 7) is 0. The second-order valence-electron chi connectivity index (χ2n) is 4.64. The molecule has 1 aliphatic carbocycles. The Kier molecular flexibility index (Phi) is 4.21. The van der Waals surface area contributed by atoms with E-state index in [9.17, 15) is 5.11 Å². The van der Waals surface area contributed by atoms with E-state index in [1.54, 1.807) is 11.3 Å². The minimum Gasteiger partial charge on any atom is -0.393 e. The van der Waals surface area contributed by atoms with Crippen LogP contribution in [0.3, 0.4) is 0 Å². The molecule has 2 rings (SSSR count). The van der Waals surface area contributed by atoms with Crippen LogP contribution in [-0.4, -0.2) is 11.2 Å². The first-order chi connectivity index (χ1) is 7.36. The number of thiophene rings is 1. The molecule has 15 heavy (non-hydrogen) atoms. The molecule has 1 fully saturated rings. The first-order valence-electron chi connectivity index (χ1n) is 6.05. The average molecular weight is 224 g/mol. The van der Waals surface area contributed by atoms with Crippen LogP contribution in [0, 0.1) is 5.92 Å². The Bertz CT molecular complexity index is 262. The van der Waals surface area contributed by atoms with E-state index in [0.29, 0.717) is 5.92 Å². The molecule has 1 N–H and O–H groups in total. The van der Waals surface area contributed by atoms with Crippen LogP contribution in [0.2, 0.25) is 0 Å². The van der Waals surface area contributed by atoms with Gasteiger partial charge in [-0.15, -0.1) is 0 Å². The molecular formula is C13H20OS. The molecule has 0 amide bonds. The minimum atomic E-state index is -0.0360. The van der Waals surface area contributed by atoms with Crippen LogP contribution in [0.25, 0.3) is 0 Å². The van der Waals surface area contributed by atoms with Gasteiger partial charge in [0.25, 0.3) is 0 Å². The van der Waals surface area contributed by atoms with Crippen molar-refractivity contribution < 1.29 is 5.11 Å². The van der Waals surface area contributed by atoms with Crippen molar-refractivity contribution in [3.63, 3.8) is 0 Å². The Morgan fingerprint density at radius 3 is 2.87 bits per heavy atom. The fourth-order valence-corrected chi connectivity index (χ4v) is 3.23. The molecule has 0 saturated heterocycles. The zero-order valence-corrected chi connectivity index (χ0v) is 10.0. The molecule has 1 heterocycles. The molecular weight excluding hydrogens is 204 g/mol. The predicted octanol–water partition coefficient (Wildman–Crippen LogP) is 3.62. The number of aryl methyl sites for hydroxylation is 1. The van der Waals surface area contributed by atoms with Crippen molar-refractivity contribution in [1.82, 2.24) is 0 Å². The molecule has 0 radical (unpaired) electrons. The van der Waals surface area contributed by atoms with Gasteiger partial charge in [0.05, 0.1) is 6.10 Å². The van der Waals surface area contributed by atoms with E-state index in [4.69, 9.17) is 0 Å². The minimum absolute atomic E-state index is 0.0360. The fourth-order valence-electron chi connectivity index (χ4n) is 2.53. The van der Waals surface area contributed by atoms with E-state index in [2.05, 4.69) is 16.8 Å². The summed E-state index contributed by atoms with van der Waals surface area (Å²) < 4.78 is 0. The highest BCUT2D eigenvalue weighted by atomic mass is 32.1. The van der Waals surface area contributed by atoms with Gasteiger partial charge in [0, 0.05) is 0 Å². The third-order valence-electron chi connectivity index (χ3n) is 3.49. The molecule has 84 valence electrons. The van der Waals surface area contributed by atoms with Gasteiger partial charge >= 0.3 is 0 Å². The highest BCUT2D eigenvalue weighted by Crippen LogP contribution is 2.29. The van der Waals surface area contributed by atoms with E-state index in [-0.39, 0.29) is 6.10 Å². The van der Waals surface area contributed by atoms with Gasteiger partial charge in [0.2, 0.25) is 0 Å². The van der Waals surface area contributed by atoms with E-state index in [1.165, 1.54) is 31.2 Å². The molecule has 0 spiro atoms. The first-order valence-corrected chi connectivity index (χ1v) is 6.99. The molecule has 1 aromatic heterocycles. The van der Waals surface area contributed by atoms with Crippen LogP contribution >= 0.6 is 11.3 Å². The summed E-state index contributed by atoms with van der Waals surface area (Å²) in [5.74, 6) is 0.604. The topological polar surface area (TPSA) is 20.2 Å². The van der Waals surface area contributed by atoms with Crippen LogP contribution in [0.4, 0.5) is 0 Å². The van der Waals surface area contributed by atoms with Gasteiger partial charge in [-0.1, -0.05) is 12.8 Å². The van der Waals surface area contributed by atoms with E-state index >= 15 is 0 Å². The summed E-state index contributed by atoms with van der Waals surface area (Å²) in [5.41, 5.74) is 1.43. The van der Waals surface area contributed by atoms with Crippen molar-refractivity contribution in [2.75, 3.05) is 0 Å². The molecule has 0 bridgehead atoms. The van der Waals surface area contributed by atoms with E-state index in [1.807, 2.05) is 0 Å². The number of rotatable bonds is 5. The Labute approximate surface area is 96.1 Å². The second-order valence-corrected chi connectivity index (χ2v) is 5.42. The molecule has 1 aromatic rings. The zero-order valence-electron chi connectivity index (χ0n) is 9.19. The third kappa shape index (κ3) is 3.32. The van der Waals surface area contributed by atoms with Gasteiger partial charge in [-0.05, 0) is 60.4 Å². The standard InChI is InChI=1S/C13H20OS/c14-13(12-5-1-2-6-12)7-3-4-11-8-9-15-10-11/h8-10,12-14H,1-7H2. The zero-order chi connectivity index (χ0) is 10.5. The monoisotopic (exact) mass is 224 g/mol. The quantitative estimate of drug-likeness (QED) is 0.810. The van der Waals surface area contributed by atoms with Crippen LogP contribution in [0.15, 0.2) is 16.8 Å². The van der Waals surface area contributed by atoms with Gasteiger partial charge in [-0.3, -0.25) is 0 Å².